The summed E-state index contributed by atoms with van der Waals surface area (Å²) in [6, 6.07) is 0. The van der Waals surface area contributed by atoms with Crippen molar-refractivity contribution in [2.24, 2.45) is 5.92 Å². The fraction of sp³-hybridized carbons (Fsp3) is 0.600. The second kappa shape index (κ2) is 3.28. The van der Waals surface area contributed by atoms with Gasteiger partial charge in [-0.3, -0.25) is 8.37 Å². The summed E-state index contributed by atoms with van der Waals surface area (Å²) in [4.78, 5) is 0. The van der Waals surface area contributed by atoms with E-state index in [4.69, 9.17) is 26.0 Å². The molecule has 1 heterocycles. The van der Waals surface area contributed by atoms with Crippen molar-refractivity contribution in [1.29, 1.82) is 0 Å². The van der Waals surface area contributed by atoms with Crippen LogP contribution < -0.4 is 0 Å². The number of rotatable bonds is 0. The molecule has 0 radical (unpaired) electrons. The zero-order valence-electron chi connectivity index (χ0n) is 4.70. The molecule has 0 saturated carbocycles. The van der Waals surface area contributed by atoms with E-state index in [0.29, 0.717) is 13.2 Å². The number of terminal acetylenes is 1. The molecule has 0 amide bonds. The van der Waals surface area contributed by atoms with Crippen LogP contribution in [0.5, 0.6) is 0 Å². The molecular weight excluding hydrogens is 156 g/mol. The largest absolute Gasteiger partial charge is 0.289 e. The van der Waals surface area contributed by atoms with Crippen LogP contribution >= 0.6 is 0 Å². The lowest BCUT2D eigenvalue weighted by Crippen LogP contribution is -2.22. The SMILES string of the molecule is C#CC1COS(=S)OC1. The van der Waals surface area contributed by atoms with Gasteiger partial charge in [-0.05, 0) is 0 Å². The average molecular weight is 162 g/mol. The summed E-state index contributed by atoms with van der Waals surface area (Å²) < 4.78 is 9.92. The van der Waals surface area contributed by atoms with Crippen molar-refractivity contribution < 1.29 is 8.37 Å². The predicted octanol–water partition coefficient (Wildman–Crippen LogP) is 0.193. The van der Waals surface area contributed by atoms with E-state index in [9.17, 15) is 0 Å². The first-order valence-electron chi connectivity index (χ1n) is 2.47. The average Bonchev–Trinajstić information content (AvgIpc) is 1.90. The quantitative estimate of drug-likeness (QED) is 0.474. The van der Waals surface area contributed by atoms with E-state index in [-0.39, 0.29) is 5.92 Å². The summed E-state index contributed by atoms with van der Waals surface area (Å²) in [5, 5.41) is 0. The minimum absolute atomic E-state index is 0.0942. The highest BCUT2D eigenvalue weighted by molar-refractivity contribution is 8.23. The number of hydrogen-bond acceptors (Lipinski definition) is 3. The van der Waals surface area contributed by atoms with Crippen LogP contribution in [0.4, 0.5) is 0 Å². The molecule has 0 bridgehead atoms. The van der Waals surface area contributed by atoms with Gasteiger partial charge in [-0.1, -0.05) is 5.92 Å². The first-order chi connectivity index (χ1) is 4.33. The fourth-order valence-corrected chi connectivity index (χ4v) is 1.41. The van der Waals surface area contributed by atoms with Crippen molar-refractivity contribution in [3.8, 4) is 12.3 Å². The van der Waals surface area contributed by atoms with E-state index in [2.05, 4.69) is 5.92 Å². The molecule has 1 saturated heterocycles. The van der Waals surface area contributed by atoms with E-state index < -0.39 is 10.0 Å². The lowest BCUT2D eigenvalue weighted by Gasteiger charge is -2.17. The second-order valence-corrected chi connectivity index (χ2v) is 3.33. The molecule has 1 fully saturated rings. The van der Waals surface area contributed by atoms with Crippen LogP contribution in [-0.4, -0.2) is 13.2 Å². The van der Waals surface area contributed by atoms with Gasteiger partial charge in [0.2, 0.25) is 0 Å². The van der Waals surface area contributed by atoms with E-state index in [1.807, 2.05) is 0 Å². The zero-order valence-corrected chi connectivity index (χ0v) is 6.33. The monoisotopic (exact) mass is 162 g/mol. The van der Waals surface area contributed by atoms with E-state index >= 15 is 0 Å². The maximum Gasteiger partial charge on any atom is 0.148 e. The van der Waals surface area contributed by atoms with Gasteiger partial charge in [-0.15, -0.1) is 6.42 Å². The van der Waals surface area contributed by atoms with E-state index in [0.717, 1.165) is 0 Å². The lowest BCUT2D eigenvalue weighted by atomic mass is 10.2. The highest BCUT2D eigenvalue weighted by Crippen LogP contribution is 2.07. The van der Waals surface area contributed by atoms with Crippen LogP contribution in [-0.2, 0) is 29.6 Å². The normalized spacial score (nSPS) is 35.4. The molecular formula is C5H6O2S2. The van der Waals surface area contributed by atoms with Gasteiger partial charge in [0, 0.05) is 11.2 Å². The third kappa shape index (κ3) is 2.03. The number of hydrogen-bond donors (Lipinski definition) is 0. The van der Waals surface area contributed by atoms with E-state index in [1.54, 1.807) is 0 Å². The van der Waals surface area contributed by atoms with Crippen molar-refractivity contribution >= 4 is 21.2 Å². The maximum atomic E-state index is 5.11. The Balaban J connectivity index is 2.37. The first kappa shape index (κ1) is 7.16. The van der Waals surface area contributed by atoms with Gasteiger partial charge in [-0.25, -0.2) is 0 Å². The van der Waals surface area contributed by atoms with Gasteiger partial charge in [0.25, 0.3) is 0 Å². The van der Waals surface area contributed by atoms with Crippen LogP contribution in [0, 0.1) is 18.3 Å². The Hall–Kier alpha value is 0.0500. The second-order valence-electron chi connectivity index (χ2n) is 1.64. The minimum Gasteiger partial charge on any atom is -0.289 e. The van der Waals surface area contributed by atoms with Gasteiger partial charge >= 0.3 is 0 Å². The third-order valence-corrected chi connectivity index (χ3v) is 2.20. The van der Waals surface area contributed by atoms with Crippen LogP contribution in [0.1, 0.15) is 0 Å². The topological polar surface area (TPSA) is 18.5 Å². The molecule has 1 rings (SSSR count). The fourth-order valence-electron chi connectivity index (χ4n) is 0.454. The highest BCUT2D eigenvalue weighted by atomic mass is 32.8. The van der Waals surface area contributed by atoms with Crippen molar-refractivity contribution in [1.82, 2.24) is 0 Å². The minimum atomic E-state index is -0.725. The summed E-state index contributed by atoms with van der Waals surface area (Å²) in [7, 11) is -0.725. The molecule has 0 spiro atoms. The van der Waals surface area contributed by atoms with Crippen LogP contribution in [0.3, 0.4) is 0 Å². The molecule has 0 aromatic carbocycles. The van der Waals surface area contributed by atoms with Gasteiger partial charge in [0.05, 0.1) is 19.1 Å². The van der Waals surface area contributed by atoms with Crippen molar-refractivity contribution in [3.05, 3.63) is 0 Å². The molecule has 0 unspecified atom stereocenters. The van der Waals surface area contributed by atoms with Gasteiger partial charge in [0.15, 0.2) is 0 Å². The smallest absolute Gasteiger partial charge is 0.148 e. The molecule has 0 aromatic heterocycles. The van der Waals surface area contributed by atoms with Crippen molar-refractivity contribution in [2.45, 2.75) is 0 Å². The zero-order chi connectivity index (χ0) is 6.69. The Morgan fingerprint density at radius 2 is 2.11 bits per heavy atom. The molecule has 1 aliphatic heterocycles. The van der Waals surface area contributed by atoms with Gasteiger partial charge in [0.1, 0.15) is 10.0 Å². The standard InChI is InChI=1S/C5H6O2S2/c1-2-5-3-6-9(8)7-4-5/h1,5H,3-4H2. The summed E-state index contributed by atoms with van der Waals surface area (Å²) in [6.07, 6.45) is 5.11. The molecule has 1 aliphatic rings. The molecule has 2 nitrogen and oxygen atoms in total. The van der Waals surface area contributed by atoms with Crippen LogP contribution in [0.2, 0.25) is 0 Å². The molecule has 50 valence electrons. The third-order valence-electron chi connectivity index (χ3n) is 0.967. The Morgan fingerprint density at radius 1 is 1.56 bits per heavy atom. The summed E-state index contributed by atoms with van der Waals surface area (Å²) >= 11 is 4.70. The Morgan fingerprint density at radius 3 is 2.56 bits per heavy atom. The summed E-state index contributed by atoms with van der Waals surface area (Å²) in [6.45, 7) is 1.09. The Labute approximate surface area is 61.5 Å². The van der Waals surface area contributed by atoms with Crippen molar-refractivity contribution in [2.75, 3.05) is 13.2 Å². The van der Waals surface area contributed by atoms with Crippen LogP contribution in [0.15, 0.2) is 0 Å². The summed E-state index contributed by atoms with van der Waals surface area (Å²) in [5.74, 6) is 2.63. The molecule has 9 heavy (non-hydrogen) atoms. The lowest BCUT2D eigenvalue weighted by molar-refractivity contribution is 0.171. The first-order valence-corrected chi connectivity index (χ1v) is 4.47. The Kier molecular flexibility index (Phi) is 2.61. The molecule has 4 heteroatoms. The van der Waals surface area contributed by atoms with Gasteiger partial charge in [-0.2, -0.15) is 0 Å². The Bertz CT molecular complexity index is 151. The maximum absolute atomic E-state index is 5.11. The van der Waals surface area contributed by atoms with Crippen molar-refractivity contribution in [3.63, 3.8) is 0 Å². The summed E-state index contributed by atoms with van der Waals surface area (Å²) in [5.41, 5.74) is 0. The molecule has 0 aliphatic carbocycles. The molecule has 0 atom stereocenters. The van der Waals surface area contributed by atoms with E-state index in [1.165, 1.54) is 0 Å². The highest BCUT2D eigenvalue weighted by Gasteiger charge is 2.13. The van der Waals surface area contributed by atoms with Gasteiger partial charge < -0.3 is 0 Å². The molecule has 0 N–H and O–H groups in total. The van der Waals surface area contributed by atoms with Crippen LogP contribution in [0.25, 0.3) is 0 Å². The molecule has 0 aromatic rings. The predicted molar refractivity (Wildman–Crippen MR) is 39.0 cm³/mol.